The summed E-state index contributed by atoms with van der Waals surface area (Å²) in [7, 11) is 2.14. The van der Waals surface area contributed by atoms with E-state index >= 15 is 0 Å². The Morgan fingerprint density at radius 3 is 2.39 bits per heavy atom. The molecule has 2 nitrogen and oxygen atoms in total. The zero-order valence-electron chi connectivity index (χ0n) is 12.0. The predicted molar refractivity (Wildman–Crippen MR) is 76.1 cm³/mol. The minimum absolute atomic E-state index is 0.190. The minimum Gasteiger partial charge on any atom is -0.302 e. The molecule has 1 aromatic rings. The topological polar surface area (TPSA) is 27.0 Å². The third-order valence-corrected chi connectivity index (χ3v) is 3.22. The summed E-state index contributed by atoms with van der Waals surface area (Å²) in [5.41, 5.74) is 2.46. The standard InChI is InChI=1S/C16H24N2/c1-14-6-8-15(9-7-14)12-18(4)11-5-10-16(2,3)13-17/h6-9H,5,10-12H2,1-4H3. The molecule has 0 amide bonds. The fraction of sp³-hybridized carbons (Fsp3) is 0.562. The van der Waals surface area contributed by atoms with E-state index in [-0.39, 0.29) is 5.41 Å². The zero-order chi connectivity index (χ0) is 13.6. The largest absolute Gasteiger partial charge is 0.302 e. The Balaban J connectivity index is 2.32. The average molecular weight is 244 g/mol. The maximum Gasteiger partial charge on any atom is 0.0683 e. The normalized spacial score (nSPS) is 11.6. The summed E-state index contributed by atoms with van der Waals surface area (Å²) in [5.74, 6) is 0. The summed E-state index contributed by atoms with van der Waals surface area (Å²) >= 11 is 0. The molecule has 0 aliphatic rings. The lowest BCUT2D eigenvalue weighted by molar-refractivity contribution is 0.298. The van der Waals surface area contributed by atoms with Crippen LogP contribution in [0.5, 0.6) is 0 Å². The monoisotopic (exact) mass is 244 g/mol. The Morgan fingerprint density at radius 1 is 1.22 bits per heavy atom. The molecule has 0 atom stereocenters. The first-order chi connectivity index (χ1) is 8.43. The van der Waals surface area contributed by atoms with Crippen molar-refractivity contribution in [1.82, 2.24) is 4.90 Å². The Bertz CT molecular complexity index is 398. The number of rotatable bonds is 6. The van der Waals surface area contributed by atoms with Gasteiger partial charge < -0.3 is 4.90 Å². The van der Waals surface area contributed by atoms with Crippen LogP contribution >= 0.6 is 0 Å². The summed E-state index contributed by atoms with van der Waals surface area (Å²) in [6.45, 7) is 8.14. The minimum atomic E-state index is -0.190. The third kappa shape index (κ3) is 5.33. The van der Waals surface area contributed by atoms with Crippen LogP contribution in [0.25, 0.3) is 0 Å². The highest BCUT2D eigenvalue weighted by Gasteiger charge is 2.15. The highest BCUT2D eigenvalue weighted by atomic mass is 15.1. The molecule has 0 saturated heterocycles. The highest BCUT2D eigenvalue weighted by Crippen LogP contribution is 2.20. The van der Waals surface area contributed by atoms with Gasteiger partial charge in [0.25, 0.3) is 0 Å². The number of nitriles is 1. The van der Waals surface area contributed by atoms with Crippen LogP contribution in [-0.2, 0) is 6.54 Å². The van der Waals surface area contributed by atoms with Gasteiger partial charge in [0.05, 0.1) is 11.5 Å². The first-order valence-corrected chi connectivity index (χ1v) is 6.58. The molecule has 0 bridgehead atoms. The van der Waals surface area contributed by atoms with E-state index in [0.717, 1.165) is 25.9 Å². The molecule has 0 unspecified atom stereocenters. The van der Waals surface area contributed by atoms with E-state index in [4.69, 9.17) is 5.26 Å². The molecule has 1 aromatic carbocycles. The first-order valence-electron chi connectivity index (χ1n) is 6.58. The van der Waals surface area contributed by atoms with Gasteiger partial charge in [-0.25, -0.2) is 0 Å². The molecule has 18 heavy (non-hydrogen) atoms. The van der Waals surface area contributed by atoms with Gasteiger partial charge in [0.1, 0.15) is 0 Å². The second kappa shape index (κ2) is 6.56. The van der Waals surface area contributed by atoms with Gasteiger partial charge in [-0.15, -0.1) is 0 Å². The molecule has 1 rings (SSSR count). The summed E-state index contributed by atoms with van der Waals surface area (Å²) in [5, 5.41) is 8.96. The van der Waals surface area contributed by atoms with Gasteiger partial charge in [-0.3, -0.25) is 0 Å². The summed E-state index contributed by atoms with van der Waals surface area (Å²) in [6.07, 6.45) is 2.03. The molecule has 0 saturated carbocycles. The van der Waals surface area contributed by atoms with Crippen LogP contribution in [0.4, 0.5) is 0 Å². The van der Waals surface area contributed by atoms with E-state index in [2.05, 4.69) is 49.2 Å². The van der Waals surface area contributed by atoms with Crippen molar-refractivity contribution >= 4 is 0 Å². The average Bonchev–Trinajstić information content (AvgIpc) is 2.32. The second-order valence-corrected chi connectivity index (χ2v) is 5.82. The fourth-order valence-electron chi connectivity index (χ4n) is 1.93. The molecule has 0 radical (unpaired) electrons. The number of benzene rings is 1. The van der Waals surface area contributed by atoms with Gasteiger partial charge >= 0.3 is 0 Å². The number of aryl methyl sites for hydroxylation is 1. The Morgan fingerprint density at radius 2 is 1.83 bits per heavy atom. The van der Waals surface area contributed by atoms with E-state index < -0.39 is 0 Å². The molecular formula is C16H24N2. The Hall–Kier alpha value is -1.33. The van der Waals surface area contributed by atoms with E-state index in [9.17, 15) is 0 Å². The van der Waals surface area contributed by atoms with Gasteiger partial charge in [-0.1, -0.05) is 29.8 Å². The molecule has 0 fully saturated rings. The first kappa shape index (κ1) is 14.7. The highest BCUT2D eigenvalue weighted by molar-refractivity contribution is 5.21. The van der Waals surface area contributed by atoms with Crippen molar-refractivity contribution in [3.63, 3.8) is 0 Å². The van der Waals surface area contributed by atoms with E-state index in [1.807, 2.05) is 13.8 Å². The van der Waals surface area contributed by atoms with Crippen molar-refractivity contribution in [3.05, 3.63) is 35.4 Å². The van der Waals surface area contributed by atoms with Gasteiger partial charge in [0.2, 0.25) is 0 Å². The smallest absolute Gasteiger partial charge is 0.0683 e. The lowest BCUT2D eigenvalue weighted by Crippen LogP contribution is -2.20. The molecule has 0 aliphatic carbocycles. The van der Waals surface area contributed by atoms with Crippen molar-refractivity contribution < 1.29 is 0 Å². The van der Waals surface area contributed by atoms with Gasteiger partial charge in [-0.2, -0.15) is 5.26 Å². The summed E-state index contributed by atoms with van der Waals surface area (Å²) in [4.78, 5) is 2.32. The molecule has 0 aliphatic heterocycles. The van der Waals surface area contributed by atoms with Crippen molar-refractivity contribution in [3.8, 4) is 6.07 Å². The van der Waals surface area contributed by atoms with Crippen LogP contribution in [-0.4, -0.2) is 18.5 Å². The number of hydrogen-bond acceptors (Lipinski definition) is 2. The van der Waals surface area contributed by atoms with Crippen molar-refractivity contribution in [2.45, 2.75) is 40.2 Å². The number of hydrogen-bond donors (Lipinski definition) is 0. The molecule has 0 N–H and O–H groups in total. The maximum atomic E-state index is 8.96. The quantitative estimate of drug-likeness (QED) is 0.762. The van der Waals surface area contributed by atoms with Gasteiger partial charge in [0, 0.05) is 6.54 Å². The molecule has 98 valence electrons. The van der Waals surface area contributed by atoms with Crippen LogP contribution in [0.2, 0.25) is 0 Å². The lowest BCUT2D eigenvalue weighted by atomic mass is 9.90. The summed E-state index contributed by atoms with van der Waals surface area (Å²) in [6, 6.07) is 11.0. The van der Waals surface area contributed by atoms with Crippen LogP contribution in [0.15, 0.2) is 24.3 Å². The Labute approximate surface area is 111 Å². The van der Waals surface area contributed by atoms with Crippen molar-refractivity contribution in [2.75, 3.05) is 13.6 Å². The zero-order valence-corrected chi connectivity index (χ0v) is 12.0. The maximum absolute atomic E-state index is 8.96. The van der Waals surface area contributed by atoms with Crippen LogP contribution in [0.1, 0.15) is 37.8 Å². The summed E-state index contributed by atoms with van der Waals surface area (Å²) < 4.78 is 0. The SMILES string of the molecule is Cc1ccc(CN(C)CCCC(C)(C)C#N)cc1. The lowest BCUT2D eigenvalue weighted by Gasteiger charge is -2.20. The fourth-order valence-corrected chi connectivity index (χ4v) is 1.93. The molecular weight excluding hydrogens is 220 g/mol. The van der Waals surface area contributed by atoms with E-state index in [1.54, 1.807) is 0 Å². The van der Waals surface area contributed by atoms with Crippen LogP contribution < -0.4 is 0 Å². The molecule has 0 heterocycles. The molecule has 0 aromatic heterocycles. The van der Waals surface area contributed by atoms with Crippen LogP contribution in [0.3, 0.4) is 0 Å². The van der Waals surface area contributed by atoms with Crippen LogP contribution in [0, 0.1) is 23.7 Å². The van der Waals surface area contributed by atoms with E-state index in [0.29, 0.717) is 0 Å². The van der Waals surface area contributed by atoms with Gasteiger partial charge in [-0.05, 0) is 52.8 Å². The van der Waals surface area contributed by atoms with E-state index in [1.165, 1.54) is 11.1 Å². The predicted octanol–water partition coefficient (Wildman–Crippen LogP) is 3.76. The van der Waals surface area contributed by atoms with Crippen molar-refractivity contribution in [2.24, 2.45) is 5.41 Å². The molecule has 0 spiro atoms. The third-order valence-electron chi connectivity index (χ3n) is 3.22. The second-order valence-electron chi connectivity index (χ2n) is 5.82. The van der Waals surface area contributed by atoms with Crippen molar-refractivity contribution in [1.29, 1.82) is 5.26 Å². The Kier molecular flexibility index (Phi) is 5.37. The number of nitrogens with zero attached hydrogens (tertiary/aromatic N) is 2. The van der Waals surface area contributed by atoms with Gasteiger partial charge in [0.15, 0.2) is 0 Å². The molecule has 2 heteroatoms.